The summed E-state index contributed by atoms with van der Waals surface area (Å²) in [5, 5.41) is 0. The molecule has 1 unspecified atom stereocenters. The Morgan fingerprint density at radius 2 is 2.00 bits per heavy atom. The van der Waals surface area contributed by atoms with Gasteiger partial charge in [0.1, 0.15) is 18.0 Å². The number of hydrogen-bond donors (Lipinski definition) is 0. The van der Waals surface area contributed by atoms with E-state index in [0.29, 0.717) is 13.0 Å². The molecule has 6 heteroatoms. The summed E-state index contributed by atoms with van der Waals surface area (Å²) < 4.78 is 22.0. The largest absolute Gasteiger partial charge is 0.493 e. The van der Waals surface area contributed by atoms with Crippen LogP contribution in [-0.2, 0) is 30.2 Å². The summed E-state index contributed by atoms with van der Waals surface area (Å²) in [6.07, 6.45) is 6.81. The van der Waals surface area contributed by atoms with Gasteiger partial charge in [0.15, 0.2) is 6.29 Å². The first-order chi connectivity index (χ1) is 13.6. The third-order valence-corrected chi connectivity index (χ3v) is 4.41. The van der Waals surface area contributed by atoms with Crippen LogP contribution in [-0.4, -0.2) is 44.5 Å². The van der Waals surface area contributed by atoms with Crippen LogP contribution in [0.1, 0.15) is 57.4 Å². The van der Waals surface area contributed by atoms with Crippen LogP contribution in [0.5, 0.6) is 5.75 Å². The Kier molecular flexibility index (Phi) is 10.6. The number of carbonyl (C=O) groups is 2. The number of carbonyl (C=O) groups excluding carboxylic acids is 2. The van der Waals surface area contributed by atoms with E-state index in [1.165, 1.54) is 18.9 Å². The summed E-state index contributed by atoms with van der Waals surface area (Å²) >= 11 is 0. The van der Waals surface area contributed by atoms with Gasteiger partial charge < -0.3 is 18.9 Å². The highest BCUT2D eigenvalue weighted by molar-refractivity contribution is 5.94. The molecule has 0 aliphatic carbocycles. The first kappa shape index (κ1) is 22.4. The molecular formula is C22H32O6. The van der Waals surface area contributed by atoms with Crippen LogP contribution in [0.2, 0.25) is 0 Å². The lowest BCUT2D eigenvalue weighted by atomic mass is 10.1. The summed E-state index contributed by atoms with van der Waals surface area (Å²) in [4.78, 5) is 22.1. The van der Waals surface area contributed by atoms with Gasteiger partial charge in [0.05, 0.1) is 13.2 Å². The molecule has 1 aromatic carbocycles. The zero-order chi connectivity index (χ0) is 20.0. The number of aryl methyl sites for hydroxylation is 1. The fourth-order valence-corrected chi connectivity index (χ4v) is 2.97. The molecule has 1 atom stereocenters. The zero-order valence-electron chi connectivity index (χ0n) is 16.8. The fraction of sp³-hybridized carbons (Fsp3) is 0.636. The average molecular weight is 392 g/mol. The van der Waals surface area contributed by atoms with Crippen LogP contribution >= 0.6 is 0 Å². The van der Waals surface area contributed by atoms with E-state index in [-0.39, 0.29) is 25.1 Å². The molecule has 0 spiro atoms. The van der Waals surface area contributed by atoms with Crippen LogP contribution in [0.25, 0.3) is 0 Å². The van der Waals surface area contributed by atoms with Gasteiger partial charge in [0, 0.05) is 19.6 Å². The molecule has 156 valence electrons. The topological polar surface area (TPSA) is 71.1 Å². The van der Waals surface area contributed by atoms with Crippen molar-refractivity contribution < 1.29 is 28.5 Å². The average Bonchev–Trinajstić information content (AvgIpc) is 2.68. The lowest BCUT2D eigenvalue weighted by Crippen LogP contribution is -2.22. The molecule has 1 aromatic rings. The third-order valence-electron chi connectivity index (χ3n) is 4.41. The van der Waals surface area contributed by atoms with Crippen LogP contribution < -0.4 is 4.74 Å². The maximum Gasteiger partial charge on any atom is 0.313 e. The van der Waals surface area contributed by atoms with Crippen LogP contribution in [0.15, 0.2) is 24.3 Å². The predicted octanol–water partition coefficient (Wildman–Crippen LogP) is 3.84. The monoisotopic (exact) mass is 392 g/mol. The van der Waals surface area contributed by atoms with Crippen molar-refractivity contribution in [1.82, 2.24) is 0 Å². The van der Waals surface area contributed by atoms with Crippen molar-refractivity contribution in [1.29, 1.82) is 0 Å². The van der Waals surface area contributed by atoms with Crippen molar-refractivity contribution in [2.24, 2.45) is 0 Å². The van der Waals surface area contributed by atoms with Crippen LogP contribution in [0.3, 0.4) is 0 Å². The smallest absolute Gasteiger partial charge is 0.313 e. The Morgan fingerprint density at radius 3 is 2.79 bits per heavy atom. The Hall–Kier alpha value is -1.92. The number of esters is 1. The number of unbranched alkanes of at least 4 members (excludes halogenated alkanes) is 1. The first-order valence-corrected chi connectivity index (χ1v) is 10.2. The lowest BCUT2D eigenvalue weighted by molar-refractivity contribution is -0.162. The van der Waals surface area contributed by atoms with Crippen molar-refractivity contribution in [2.45, 2.75) is 64.6 Å². The number of ketones is 1. The van der Waals surface area contributed by atoms with Gasteiger partial charge in [-0.3, -0.25) is 9.59 Å². The molecule has 1 heterocycles. The number of rotatable bonds is 13. The van der Waals surface area contributed by atoms with Crippen LogP contribution in [0.4, 0.5) is 0 Å². The maximum atomic E-state index is 11.3. The van der Waals surface area contributed by atoms with Crippen molar-refractivity contribution >= 4 is 11.8 Å². The molecule has 0 N–H and O–H groups in total. The van der Waals surface area contributed by atoms with Crippen LogP contribution in [0, 0.1) is 0 Å². The summed E-state index contributed by atoms with van der Waals surface area (Å²) in [5.41, 5.74) is 1.24. The highest BCUT2D eigenvalue weighted by atomic mass is 16.7. The van der Waals surface area contributed by atoms with E-state index in [2.05, 4.69) is 6.07 Å². The minimum atomic E-state index is -0.478. The van der Waals surface area contributed by atoms with Gasteiger partial charge in [0.25, 0.3) is 0 Å². The minimum Gasteiger partial charge on any atom is -0.493 e. The summed E-state index contributed by atoms with van der Waals surface area (Å²) in [6, 6.07) is 8.06. The molecule has 0 saturated carbocycles. The highest BCUT2D eigenvalue weighted by Gasteiger charge is 2.13. The Balaban J connectivity index is 1.54. The molecule has 0 radical (unpaired) electrons. The van der Waals surface area contributed by atoms with Gasteiger partial charge in [-0.25, -0.2) is 0 Å². The number of ether oxygens (including phenoxy) is 4. The predicted molar refractivity (Wildman–Crippen MR) is 105 cm³/mol. The van der Waals surface area contributed by atoms with E-state index in [1.807, 2.05) is 18.2 Å². The first-order valence-electron chi connectivity index (χ1n) is 10.2. The van der Waals surface area contributed by atoms with E-state index in [4.69, 9.17) is 18.9 Å². The molecule has 0 amide bonds. The molecular weight excluding hydrogens is 360 g/mol. The Morgan fingerprint density at radius 1 is 1.11 bits per heavy atom. The van der Waals surface area contributed by atoms with Gasteiger partial charge in [-0.15, -0.1) is 0 Å². The van der Waals surface area contributed by atoms with E-state index in [1.54, 1.807) is 0 Å². The Labute approximate surface area is 167 Å². The molecule has 1 aliphatic rings. The molecule has 0 bridgehead atoms. The molecule has 2 rings (SSSR count). The van der Waals surface area contributed by atoms with E-state index < -0.39 is 5.97 Å². The molecule has 1 saturated heterocycles. The van der Waals surface area contributed by atoms with Gasteiger partial charge >= 0.3 is 5.97 Å². The standard InChI is InChI=1S/C22H32O6/c1-18(23)16-21(24)26-15-7-14-25-20-10-6-9-19(17-20)8-2-4-12-27-22-11-3-5-13-28-22/h6,9-10,17,22H,2-5,7-8,11-16H2,1H3. The van der Waals surface area contributed by atoms with E-state index in [9.17, 15) is 9.59 Å². The second kappa shape index (κ2) is 13.3. The summed E-state index contributed by atoms with van der Waals surface area (Å²) in [5.74, 6) is 0.153. The second-order valence-electron chi connectivity index (χ2n) is 7.07. The zero-order valence-corrected chi connectivity index (χ0v) is 16.8. The van der Waals surface area contributed by atoms with Gasteiger partial charge in [-0.2, -0.15) is 0 Å². The van der Waals surface area contributed by atoms with Crippen molar-refractivity contribution in [3.05, 3.63) is 29.8 Å². The Bertz CT molecular complexity index is 594. The number of Topliss-reactive ketones (excluding diaryl/α,β-unsaturated/α-hetero) is 1. The quantitative estimate of drug-likeness (QED) is 0.289. The fourth-order valence-electron chi connectivity index (χ4n) is 2.97. The lowest BCUT2D eigenvalue weighted by Gasteiger charge is -2.22. The normalized spacial score (nSPS) is 16.5. The molecule has 1 aliphatic heterocycles. The second-order valence-corrected chi connectivity index (χ2v) is 7.07. The number of benzene rings is 1. The SMILES string of the molecule is CC(=O)CC(=O)OCCCOc1cccc(CCCCOC2CCCCO2)c1. The molecule has 6 nitrogen and oxygen atoms in total. The molecule has 1 fully saturated rings. The summed E-state index contributed by atoms with van der Waals surface area (Å²) in [7, 11) is 0. The van der Waals surface area contributed by atoms with Crippen molar-refractivity contribution in [2.75, 3.05) is 26.4 Å². The van der Waals surface area contributed by atoms with Gasteiger partial charge in [-0.1, -0.05) is 12.1 Å². The molecule has 28 heavy (non-hydrogen) atoms. The maximum absolute atomic E-state index is 11.3. The van der Waals surface area contributed by atoms with Gasteiger partial charge in [-0.05, 0) is 63.1 Å². The van der Waals surface area contributed by atoms with E-state index >= 15 is 0 Å². The number of hydrogen-bond acceptors (Lipinski definition) is 6. The minimum absolute atomic E-state index is 0.00721. The van der Waals surface area contributed by atoms with Crippen molar-refractivity contribution in [3.8, 4) is 5.75 Å². The summed E-state index contributed by atoms with van der Waals surface area (Å²) in [6.45, 7) is 3.65. The van der Waals surface area contributed by atoms with Crippen molar-refractivity contribution in [3.63, 3.8) is 0 Å². The highest BCUT2D eigenvalue weighted by Crippen LogP contribution is 2.17. The van der Waals surface area contributed by atoms with E-state index in [0.717, 1.165) is 51.1 Å². The molecule has 0 aromatic heterocycles. The third kappa shape index (κ3) is 9.85. The van der Waals surface area contributed by atoms with Gasteiger partial charge in [0.2, 0.25) is 0 Å².